The molecule has 1 fully saturated rings. The van der Waals surface area contributed by atoms with E-state index in [4.69, 9.17) is 16.3 Å². The summed E-state index contributed by atoms with van der Waals surface area (Å²) in [5, 5.41) is 3.23. The number of methoxy groups -OCH3 is 1. The lowest BCUT2D eigenvalue weighted by molar-refractivity contribution is -0.122. The van der Waals surface area contributed by atoms with Gasteiger partial charge in [0.25, 0.3) is 0 Å². The highest BCUT2D eigenvalue weighted by Crippen LogP contribution is 2.34. The number of benzene rings is 2. The average Bonchev–Trinajstić information content (AvgIpc) is 3.36. The molecule has 0 saturated carbocycles. The van der Waals surface area contributed by atoms with Crippen molar-refractivity contribution in [1.82, 2.24) is 0 Å². The van der Waals surface area contributed by atoms with E-state index in [1.807, 2.05) is 25.1 Å². The second-order valence-corrected chi connectivity index (χ2v) is 8.11. The van der Waals surface area contributed by atoms with Gasteiger partial charge in [-0.25, -0.2) is 0 Å². The van der Waals surface area contributed by atoms with Crippen molar-refractivity contribution in [3.63, 3.8) is 0 Å². The molecule has 0 spiro atoms. The zero-order valence-corrected chi connectivity index (χ0v) is 18.2. The molecule has 0 unspecified atom stereocenters. The third-order valence-electron chi connectivity index (χ3n) is 5.79. The van der Waals surface area contributed by atoms with Crippen LogP contribution in [-0.2, 0) is 20.8 Å². The topological polar surface area (TPSA) is 79.0 Å². The van der Waals surface area contributed by atoms with Crippen molar-refractivity contribution in [2.75, 3.05) is 35.3 Å². The molecule has 0 radical (unpaired) electrons. The molecule has 0 aliphatic carbocycles. The van der Waals surface area contributed by atoms with E-state index < -0.39 is 5.92 Å². The molecule has 1 atom stereocenters. The lowest BCUT2D eigenvalue weighted by atomic mass is 10.1. The molecule has 7 nitrogen and oxygen atoms in total. The van der Waals surface area contributed by atoms with Gasteiger partial charge in [0.2, 0.25) is 17.7 Å². The van der Waals surface area contributed by atoms with Crippen molar-refractivity contribution in [3.8, 4) is 5.75 Å². The molecule has 0 bridgehead atoms. The van der Waals surface area contributed by atoms with Crippen molar-refractivity contribution < 1.29 is 19.1 Å². The van der Waals surface area contributed by atoms with Crippen LogP contribution >= 0.6 is 11.6 Å². The summed E-state index contributed by atoms with van der Waals surface area (Å²) >= 11 is 6.12. The Bertz CT molecular complexity index is 1060. The van der Waals surface area contributed by atoms with Crippen molar-refractivity contribution in [3.05, 3.63) is 47.0 Å². The maximum Gasteiger partial charge on any atom is 0.229 e. The Labute approximate surface area is 185 Å². The number of hydrogen-bond acceptors (Lipinski definition) is 4. The number of nitrogens with one attached hydrogen (secondary N) is 1. The fraction of sp³-hybridized carbons (Fsp3) is 0.348. The molecule has 2 aromatic carbocycles. The molecule has 31 heavy (non-hydrogen) atoms. The van der Waals surface area contributed by atoms with E-state index in [0.717, 1.165) is 23.4 Å². The van der Waals surface area contributed by atoms with Gasteiger partial charge in [-0.1, -0.05) is 18.5 Å². The van der Waals surface area contributed by atoms with Gasteiger partial charge >= 0.3 is 0 Å². The molecule has 4 rings (SSSR count). The standard InChI is InChI=1S/C23H24ClN3O4/c1-3-21(28)26-9-8-14-10-17(5-6-19(14)26)27-13-15(11-22(27)29)23(30)25-16-4-7-20(31-2)18(24)12-16/h4-7,10,12,15H,3,8-9,11,13H2,1-2H3,(H,25,30)/t15-/m1/s1. The van der Waals surface area contributed by atoms with Gasteiger partial charge in [0.15, 0.2) is 0 Å². The minimum atomic E-state index is -0.459. The summed E-state index contributed by atoms with van der Waals surface area (Å²) in [4.78, 5) is 40.9. The summed E-state index contributed by atoms with van der Waals surface area (Å²) in [7, 11) is 1.52. The van der Waals surface area contributed by atoms with Gasteiger partial charge in [-0.05, 0) is 48.4 Å². The SMILES string of the molecule is CCC(=O)N1CCc2cc(N3C[C@H](C(=O)Nc4ccc(OC)c(Cl)c4)CC3=O)ccc21. The van der Waals surface area contributed by atoms with Gasteiger partial charge in [-0.15, -0.1) is 0 Å². The zero-order chi connectivity index (χ0) is 22.1. The highest BCUT2D eigenvalue weighted by molar-refractivity contribution is 6.32. The van der Waals surface area contributed by atoms with E-state index in [2.05, 4.69) is 5.32 Å². The maximum atomic E-state index is 12.7. The molecule has 8 heteroatoms. The van der Waals surface area contributed by atoms with Crippen molar-refractivity contribution >= 4 is 46.4 Å². The second kappa shape index (κ2) is 8.59. The van der Waals surface area contributed by atoms with Gasteiger partial charge in [0.1, 0.15) is 5.75 Å². The Morgan fingerprint density at radius 2 is 2.03 bits per heavy atom. The number of halogens is 1. The summed E-state index contributed by atoms with van der Waals surface area (Å²) in [6.07, 6.45) is 1.37. The summed E-state index contributed by atoms with van der Waals surface area (Å²) in [5.41, 5.74) is 3.28. The minimum absolute atomic E-state index is 0.0904. The van der Waals surface area contributed by atoms with Crippen LogP contribution in [0, 0.1) is 5.92 Å². The molecule has 2 aliphatic rings. The molecule has 1 N–H and O–H groups in total. The van der Waals surface area contributed by atoms with E-state index in [-0.39, 0.29) is 24.1 Å². The number of carbonyl (C=O) groups excluding carboxylic acids is 3. The number of ether oxygens (including phenoxy) is 1. The number of amides is 3. The number of anilines is 3. The average molecular weight is 442 g/mol. The molecule has 162 valence electrons. The van der Waals surface area contributed by atoms with Crippen LogP contribution in [-0.4, -0.2) is 37.9 Å². The van der Waals surface area contributed by atoms with Crippen LogP contribution in [0.25, 0.3) is 0 Å². The lowest BCUT2D eigenvalue weighted by Gasteiger charge is -2.20. The van der Waals surface area contributed by atoms with Gasteiger partial charge in [0, 0.05) is 43.0 Å². The third-order valence-corrected chi connectivity index (χ3v) is 6.08. The minimum Gasteiger partial charge on any atom is -0.495 e. The van der Waals surface area contributed by atoms with E-state index in [0.29, 0.717) is 36.0 Å². The molecular weight excluding hydrogens is 418 g/mol. The van der Waals surface area contributed by atoms with Crippen molar-refractivity contribution in [1.29, 1.82) is 0 Å². The summed E-state index contributed by atoms with van der Waals surface area (Å²) in [5.74, 6) is -0.151. The molecule has 1 saturated heterocycles. The van der Waals surface area contributed by atoms with Crippen LogP contribution in [0.2, 0.25) is 5.02 Å². The Morgan fingerprint density at radius 1 is 1.23 bits per heavy atom. The van der Waals surface area contributed by atoms with Gasteiger partial charge < -0.3 is 19.9 Å². The van der Waals surface area contributed by atoms with E-state index in [1.54, 1.807) is 28.0 Å². The quantitative estimate of drug-likeness (QED) is 0.768. The Balaban J connectivity index is 1.45. The smallest absolute Gasteiger partial charge is 0.229 e. The Morgan fingerprint density at radius 3 is 2.74 bits per heavy atom. The predicted octanol–water partition coefficient (Wildman–Crippen LogP) is 3.64. The summed E-state index contributed by atoms with van der Waals surface area (Å²) < 4.78 is 5.12. The third kappa shape index (κ3) is 4.10. The normalized spacial score (nSPS) is 17.6. The Hall–Kier alpha value is -3.06. The number of nitrogens with zero attached hydrogens (tertiary/aromatic N) is 2. The second-order valence-electron chi connectivity index (χ2n) is 7.71. The first-order chi connectivity index (χ1) is 14.9. The number of rotatable bonds is 5. The monoisotopic (exact) mass is 441 g/mol. The number of hydrogen-bond donors (Lipinski definition) is 1. The molecule has 3 amide bonds. The molecule has 2 aromatic rings. The fourth-order valence-electron chi connectivity index (χ4n) is 4.13. The summed E-state index contributed by atoms with van der Waals surface area (Å²) in [6, 6.07) is 10.7. The molecule has 2 aliphatic heterocycles. The Kier molecular flexibility index (Phi) is 5.87. The zero-order valence-electron chi connectivity index (χ0n) is 17.5. The van der Waals surface area contributed by atoms with Crippen LogP contribution < -0.4 is 19.9 Å². The molecular formula is C23H24ClN3O4. The predicted molar refractivity (Wildman–Crippen MR) is 120 cm³/mol. The lowest BCUT2D eigenvalue weighted by Crippen LogP contribution is -2.28. The van der Waals surface area contributed by atoms with Gasteiger partial charge in [-0.3, -0.25) is 14.4 Å². The van der Waals surface area contributed by atoms with Crippen LogP contribution in [0.4, 0.5) is 17.1 Å². The maximum absolute atomic E-state index is 12.7. The van der Waals surface area contributed by atoms with Crippen molar-refractivity contribution in [2.24, 2.45) is 5.92 Å². The first-order valence-electron chi connectivity index (χ1n) is 10.3. The van der Waals surface area contributed by atoms with Crippen LogP contribution in [0.15, 0.2) is 36.4 Å². The summed E-state index contributed by atoms with van der Waals surface area (Å²) in [6.45, 7) is 2.82. The fourth-order valence-corrected chi connectivity index (χ4v) is 4.38. The van der Waals surface area contributed by atoms with Gasteiger partial charge in [-0.2, -0.15) is 0 Å². The highest BCUT2D eigenvalue weighted by Gasteiger charge is 2.36. The van der Waals surface area contributed by atoms with E-state index in [9.17, 15) is 14.4 Å². The number of carbonyl (C=O) groups is 3. The van der Waals surface area contributed by atoms with Gasteiger partial charge in [0.05, 0.1) is 18.1 Å². The first-order valence-corrected chi connectivity index (χ1v) is 10.7. The van der Waals surface area contributed by atoms with Crippen LogP contribution in [0.3, 0.4) is 0 Å². The molecule has 2 heterocycles. The van der Waals surface area contributed by atoms with E-state index in [1.165, 1.54) is 7.11 Å². The van der Waals surface area contributed by atoms with Crippen LogP contribution in [0.5, 0.6) is 5.75 Å². The first kappa shape index (κ1) is 21.2. The number of fused-ring (bicyclic) bond motifs is 1. The molecule has 0 aromatic heterocycles. The van der Waals surface area contributed by atoms with E-state index >= 15 is 0 Å². The highest BCUT2D eigenvalue weighted by atomic mass is 35.5. The largest absolute Gasteiger partial charge is 0.495 e. The van der Waals surface area contributed by atoms with Crippen LogP contribution in [0.1, 0.15) is 25.3 Å². The van der Waals surface area contributed by atoms with Crippen molar-refractivity contribution in [2.45, 2.75) is 26.2 Å².